The Morgan fingerprint density at radius 3 is 2.14 bits per heavy atom. The number of hydrogen-bond acceptors (Lipinski definition) is 19. The summed E-state index contributed by atoms with van der Waals surface area (Å²) in [5, 5.41) is 90.9. The number of carbonyl (C=O) groups excluding carboxylic acids is 7. The maximum Gasteiger partial charge on any atom is 0.446 e. The van der Waals surface area contributed by atoms with Crippen molar-refractivity contribution in [2.75, 3.05) is 39.8 Å². The Morgan fingerprint density at radius 1 is 0.864 bits per heavy atom. The summed E-state index contributed by atoms with van der Waals surface area (Å²) in [6, 6.07) is -8.34. The van der Waals surface area contributed by atoms with Gasteiger partial charge in [-0.25, -0.2) is 0 Å². The van der Waals surface area contributed by atoms with Crippen LogP contribution in [0.15, 0.2) is 18.2 Å². The number of hydrogen-bond donors (Lipinski definition) is 15. The predicted octanol–water partition coefficient (Wildman–Crippen LogP) is -8.22. The third kappa shape index (κ3) is 13.9. The van der Waals surface area contributed by atoms with Crippen LogP contribution in [0.3, 0.4) is 0 Å². The van der Waals surface area contributed by atoms with Crippen molar-refractivity contribution in [3.63, 3.8) is 0 Å². The van der Waals surface area contributed by atoms with Crippen molar-refractivity contribution in [3.05, 3.63) is 23.8 Å². The average Bonchev–Trinajstić information content (AvgIpc) is 3.77. The highest BCUT2D eigenvalue weighted by Gasteiger charge is 2.50. The van der Waals surface area contributed by atoms with Gasteiger partial charge >= 0.3 is 10.4 Å². The van der Waals surface area contributed by atoms with Gasteiger partial charge in [-0.15, -0.1) is 0 Å². The van der Waals surface area contributed by atoms with Crippen LogP contribution in [0.1, 0.15) is 38.7 Å². The third-order valence-electron chi connectivity index (χ3n) is 11.2. The molecule has 0 spiro atoms. The van der Waals surface area contributed by atoms with Gasteiger partial charge in [0.15, 0.2) is 11.5 Å². The first-order valence-corrected chi connectivity index (χ1v) is 22.2. The molecule has 1 unspecified atom stereocenters. The molecule has 27 nitrogen and oxygen atoms in total. The Morgan fingerprint density at radius 2 is 1.50 bits per heavy atom. The van der Waals surface area contributed by atoms with Crippen LogP contribution in [0.25, 0.3) is 0 Å². The fourth-order valence-corrected chi connectivity index (χ4v) is 8.11. The molecule has 0 bridgehead atoms. The summed E-state index contributed by atoms with van der Waals surface area (Å²) in [5.74, 6) is -10.4. The number of carbonyl (C=O) groups is 7. The van der Waals surface area contributed by atoms with Gasteiger partial charge in [-0.05, 0) is 38.1 Å². The lowest BCUT2D eigenvalue weighted by molar-refractivity contribution is -0.147. The van der Waals surface area contributed by atoms with E-state index in [9.17, 15) is 82.3 Å². The van der Waals surface area contributed by atoms with Gasteiger partial charge in [-0.1, -0.05) is 13.0 Å². The Kier molecular flexibility index (Phi) is 18.5. The number of aliphatic hydroxyl groups excluding tert-OH is 6. The fourth-order valence-electron chi connectivity index (χ4n) is 7.75. The standard InChI is InChI=1S/C38H59N9O18S/c1-16-14-47-31(32(16)55)36(59)42-13-19(49)10-21(39)33(56)43-28(17(2)48)37(60)46-15-20(50)11-22(46)34(57)44-29(24(52)8-18-4-5-23(51)26(9-18)65-66(62,63)64)35(58)45-30(38(47)61)25(53)12-27(54)41-7-6-40-3/h4-5,9,16-17,19-22,24-25,28-32,40,48-53,55H,6-8,10-15,39H2,1-3H3,(H,41,54)(H,42,59)(H,43,56)(H,44,57)(H,45,58)(H,62,63,64)/t16-,17+,19+,20+,21-,22-,24+,25+,28?,29-,30-,31-,32-/m0/s1. The van der Waals surface area contributed by atoms with Gasteiger partial charge in [0.1, 0.15) is 30.2 Å². The largest absolute Gasteiger partial charge is 0.504 e. The molecule has 7 amide bonds. The molecule has 1 aromatic rings. The number of aliphatic hydroxyl groups is 6. The van der Waals surface area contributed by atoms with Crippen molar-refractivity contribution in [3.8, 4) is 11.5 Å². The van der Waals surface area contributed by atoms with Gasteiger partial charge in [-0.3, -0.25) is 38.1 Å². The Bertz CT molecular complexity index is 2070. The van der Waals surface area contributed by atoms with Crippen molar-refractivity contribution in [1.29, 1.82) is 0 Å². The minimum absolute atomic E-state index is 0.0635. The van der Waals surface area contributed by atoms with Crippen LogP contribution >= 0.6 is 0 Å². The van der Waals surface area contributed by atoms with E-state index in [1.807, 2.05) is 0 Å². The molecule has 28 heteroatoms. The third-order valence-corrected chi connectivity index (χ3v) is 11.6. The number of amides is 7. The van der Waals surface area contributed by atoms with E-state index in [2.05, 4.69) is 36.1 Å². The van der Waals surface area contributed by atoms with Gasteiger partial charge in [0.2, 0.25) is 41.4 Å². The van der Waals surface area contributed by atoms with Crippen LogP contribution in [0.5, 0.6) is 11.5 Å². The molecule has 3 aliphatic rings. The summed E-state index contributed by atoms with van der Waals surface area (Å²) in [6.07, 6.45) is -13.0. The predicted molar refractivity (Wildman–Crippen MR) is 223 cm³/mol. The zero-order chi connectivity index (χ0) is 49.4. The molecule has 0 radical (unpaired) electrons. The maximum absolute atomic E-state index is 14.5. The lowest BCUT2D eigenvalue weighted by atomic mass is 9.98. The van der Waals surface area contributed by atoms with Crippen molar-refractivity contribution in [2.24, 2.45) is 11.7 Å². The van der Waals surface area contributed by atoms with Gasteiger partial charge < -0.3 is 87.4 Å². The first-order valence-electron chi connectivity index (χ1n) is 20.9. The maximum atomic E-state index is 14.5. The van der Waals surface area contributed by atoms with Crippen LogP contribution in [0, 0.1) is 5.92 Å². The van der Waals surface area contributed by atoms with Crippen molar-refractivity contribution < 1.29 is 86.5 Å². The molecular formula is C38H59N9O18S. The molecule has 13 atom stereocenters. The highest BCUT2D eigenvalue weighted by Crippen LogP contribution is 2.30. The van der Waals surface area contributed by atoms with E-state index >= 15 is 0 Å². The SMILES string of the molecule is CNCCNC(=O)C[C@@H](O)[C@@H]1NC(=O)[C@H]([C@H](O)Cc2ccc(O)c(OS(=O)(=O)O)c2)NC(=O)[C@@H]2C[C@@H](O)CN2C(=O)C([C@@H](C)O)NC(=O)[C@@H](N)C[C@@H](O)CNC(=O)[C@@H]2[C@@H](O)[C@@H](C)CN2C1=O. The molecule has 66 heavy (non-hydrogen) atoms. The molecule has 4 rings (SSSR count). The first kappa shape index (κ1) is 53.3. The van der Waals surface area contributed by atoms with Crippen LogP contribution in [0.4, 0.5) is 0 Å². The molecule has 3 heterocycles. The summed E-state index contributed by atoms with van der Waals surface area (Å²) in [7, 11) is -3.60. The zero-order valence-corrected chi connectivity index (χ0v) is 37.0. The van der Waals surface area contributed by atoms with E-state index in [0.29, 0.717) is 6.54 Å². The number of fused-ring (bicyclic) bond motifs is 2. The number of nitrogens with two attached hydrogens (primary N) is 1. The molecular weight excluding hydrogens is 903 g/mol. The second kappa shape index (κ2) is 22.9. The molecule has 16 N–H and O–H groups in total. The van der Waals surface area contributed by atoms with Gasteiger partial charge in [-0.2, -0.15) is 8.42 Å². The normalized spacial score (nSPS) is 30.1. The van der Waals surface area contributed by atoms with E-state index in [0.717, 1.165) is 34.9 Å². The Hall–Kier alpha value is -5.30. The number of nitrogens with zero attached hydrogens (tertiary/aromatic N) is 2. The molecule has 3 aliphatic heterocycles. The zero-order valence-electron chi connectivity index (χ0n) is 36.1. The summed E-state index contributed by atoms with van der Waals surface area (Å²) >= 11 is 0. The number of likely N-dealkylation sites (N-methyl/N-ethyl adjacent to an activating group) is 1. The number of benzene rings is 1. The smallest absolute Gasteiger partial charge is 0.446 e. The van der Waals surface area contributed by atoms with E-state index < -0.39 is 181 Å². The summed E-state index contributed by atoms with van der Waals surface area (Å²) in [4.78, 5) is 98.6. The highest BCUT2D eigenvalue weighted by atomic mass is 32.3. The van der Waals surface area contributed by atoms with Crippen molar-refractivity contribution in [1.82, 2.24) is 41.7 Å². The number of phenolic OH excluding ortho intramolecular Hbond substituents is 1. The topological polar surface area (TPSA) is 429 Å². The van der Waals surface area contributed by atoms with E-state index in [1.54, 1.807) is 7.05 Å². The Labute approximate surface area is 378 Å². The van der Waals surface area contributed by atoms with E-state index in [1.165, 1.54) is 6.92 Å². The fraction of sp³-hybridized carbons (Fsp3) is 0.658. The summed E-state index contributed by atoms with van der Waals surface area (Å²) in [5.41, 5.74) is 5.91. The van der Waals surface area contributed by atoms with Gasteiger partial charge in [0, 0.05) is 51.5 Å². The summed E-state index contributed by atoms with van der Waals surface area (Å²) < 4.78 is 36.4. The van der Waals surface area contributed by atoms with E-state index in [-0.39, 0.29) is 18.7 Å². The van der Waals surface area contributed by atoms with Gasteiger partial charge in [0.05, 0.1) is 49.1 Å². The minimum Gasteiger partial charge on any atom is -0.504 e. The number of aromatic hydroxyl groups is 1. The molecule has 0 aromatic heterocycles. The quantitative estimate of drug-likeness (QED) is 0.0683. The van der Waals surface area contributed by atoms with Crippen molar-refractivity contribution in [2.45, 2.75) is 112 Å². The van der Waals surface area contributed by atoms with Crippen LogP contribution in [0.2, 0.25) is 0 Å². The molecule has 0 saturated carbocycles. The first-order chi connectivity index (χ1) is 30.8. The molecule has 3 saturated heterocycles. The van der Waals surface area contributed by atoms with Crippen LogP contribution < -0.4 is 41.8 Å². The second-order valence-corrected chi connectivity index (χ2v) is 17.6. The highest BCUT2D eigenvalue weighted by molar-refractivity contribution is 7.81. The average molecular weight is 962 g/mol. The lowest BCUT2D eigenvalue weighted by Gasteiger charge is -2.34. The van der Waals surface area contributed by atoms with Gasteiger partial charge in [0.25, 0.3) is 0 Å². The Balaban J connectivity index is 1.84. The number of nitrogens with one attached hydrogen (secondary N) is 6. The van der Waals surface area contributed by atoms with Crippen molar-refractivity contribution >= 4 is 51.7 Å². The van der Waals surface area contributed by atoms with Crippen LogP contribution in [-0.4, -0.2) is 213 Å². The number of rotatable bonds is 12. The molecule has 3 fully saturated rings. The molecule has 370 valence electrons. The molecule has 0 aliphatic carbocycles. The number of β-amino-alcohol motifs (C(OH)–C–C–N with tert-alkyl or cyclic N) is 1. The lowest BCUT2D eigenvalue weighted by Crippen LogP contribution is -2.64. The second-order valence-electron chi connectivity index (χ2n) is 16.5. The van der Waals surface area contributed by atoms with E-state index in [4.69, 9.17) is 5.73 Å². The monoisotopic (exact) mass is 961 g/mol. The number of phenols is 1. The summed E-state index contributed by atoms with van der Waals surface area (Å²) in [6.45, 7) is 1.43. The minimum atomic E-state index is -5.20. The molecule has 1 aromatic carbocycles. The van der Waals surface area contributed by atoms with Crippen LogP contribution in [-0.2, 0) is 50.4 Å².